The molecule has 0 bridgehead atoms. The third-order valence-electron chi connectivity index (χ3n) is 2.87. The molecule has 0 amide bonds. The van der Waals surface area contributed by atoms with E-state index in [1.165, 1.54) is 6.20 Å². The highest BCUT2D eigenvalue weighted by atomic mass is 35.6. The van der Waals surface area contributed by atoms with E-state index in [9.17, 15) is 19.8 Å². The first-order valence-corrected chi connectivity index (χ1v) is 9.24. The molecule has 1 aromatic heterocycles. The van der Waals surface area contributed by atoms with Gasteiger partial charge in [-0.1, -0.05) is 45.6 Å². The van der Waals surface area contributed by atoms with E-state index in [1.807, 2.05) is 0 Å². The van der Waals surface area contributed by atoms with Gasteiger partial charge in [0.05, 0.1) is 18.0 Å². The number of aromatic nitrogens is 2. The number of ether oxygens (including phenoxy) is 1. The fourth-order valence-electron chi connectivity index (χ4n) is 1.93. The second kappa shape index (κ2) is 7.35. The number of nitrogens with zero attached hydrogens (tertiary/aromatic N) is 1. The van der Waals surface area contributed by atoms with Crippen LogP contribution in [0.1, 0.15) is 6.23 Å². The van der Waals surface area contributed by atoms with Crippen LogP contribution >= 0.6 is 56.4 Å². The first-order valence-electron chi connectivity index (χ1n) is 5.90. The Hall–Kier alpha value is 0.130. The van der Waals surface area contributed by atoms with Crippen molar-refractivity contribution in [2.45, 2.75) is 26.8 Å². The van der Waals surface area contributed by atoms with Gasteiger partial charge in [-0.3, -0.25) is 14.3 Å². The molecule has 0 radical (unpaired) electrons. The fraction of sp³-hybridized carbons (Fsp3) is 0.600. The maximum Gasteiger partial charge on any atom is 0.330 e. The zero-order chi connectivity index (χ0) is 16.5. The van der Waals surface area contributed by atoms with Crippen LogP contribution in [0.15, 0.2) is 21.9 Å². The van der Waals surface area contributed by atoms with Crippen molar-refractivity contribution in [2.75, 3.05) is 6.61 Å². The van der Waals surface area contributed by atoms with Crippen LogP contribution in [0.25, 0.3) is 0 Å². The molecule has 1 aliphatic rings. The maximum absolute atomic E-state index is 11.9. The Balaban J connectivity index is 2.29. The lowest BCUT2D eigenvalue weighted by molar-refractivity contribution is -0.0457. The maximum atomic E-state index is 11.9. The Morgan fingerprint density at radius 1 is 1.41 bits per heavy atom. The normalized spacial score (nSPS) is 29.0. The second-order valence-electron chi connectivity index (χ2n) is 4.35. The van der Waals surface area contributed by atoms with Gasteiger partial charge in [-0.2, -0.15) is 0 Å². The van der Waals surface area contributed by atoms with Crippen molar-refractivity contribution in [3.63, 3.8) is 0 Å². The zero-order valence-corrected chi connectivity index (χ0v) is 14.6. The van der Waals surface area contributed by atoms with Crippen LogP contribution in [0.3, 0.4) is 0 Å². The minimum absolute atomic E-state index is 0.439. The zero-order valence-electron chi connectivity index (χ0n) is 10.7. The molecule has 1 unspecified atom stereocenters. The average molecular weight is 410 g/mol. The van der Waals surface area contributed by atoms with Gasteiger partial charge in [-0.05, 0) is 10.8 Å². The minimum atomic E-state index is -1.62. The second-order valence-corrected chi connectivity index (χ2v) is 9.89. The van der Waals surface area contributed by atoms with Crippen molar-refractivity contribution in [3.05, 3.63) is 33.1 Å². The molecule has 7 nitrogen and oxygen atoms in total. The van der Waals surface area contributed by atoms with Crippen molar-refractivity contribution >= 4 is 56.4 Å². The van der Waals surface area contributed by atoms with Crippen molar-refractivity contribution in [1.82, 2.24) is 9.55 Å². The van der Waals surface area contributed by atoms with Crippen LogP contribution < -0.4 is 11.2 Å². The Morgan fingerprint density at radius 2 is 2.09 bits per heavy atom. The van der Waals surface area contributed by atoms with Gasteiger partial charge < -0.3 is 14.9 Å². The summed E-state index contributed by atoms with van der Waals surface area (Å²) in [5.74, 6) is 0. The van der Waals surface area contributed by atoms with E-state index in [4.69, 9.17) is 39.5 Å². The summed E-state index contributed by atoms with van der Waals surface area (Å²) < 4.78 is 4.97. The monoisotopic (exact) mass is 408 g/mol. The number of H-pyrrole nitrogens is 1. The van der Waals surface area contributed by atoms with Crippen LogP contribution in [-0.2, 0) is 4.74 Å². The molecule has 0 saturated carbocycles. The van der Waals surface area contributed by atoms with Crippen molar-refractivity contribution in [1.29, 1.82) is 0 Å². The lowest BCUT2D eigenvalue weighted by Crippen LogP contribution is -2.36. The number of aliphatic hydroxyl groups is 2. The lowest BCUT2D eigenvalue weighted by atomic mass is 10.2. The predicted octanol–water partition coefficient (Wildman–Crippen LogP) is 0.865. The topological polar surface area (TPSA) is 105 Å². The van der Waals surface area contributed by atoms with E-state index in [0.29, 0.717) is 0 Å². The third-order valence-corrected chi connectivity index (χ3v) is 7.11. The molecule has 124 valence electrons. The molecule has 1 fully saturated rings. The van der Waals surface area contributed by atoms with Crippen LogP contribution in [0, 0.1) is 0 Å². The van der Waals surface area contributed by atoms with Crippen LogP contribution in [0.5, 0.6) is 0 Å². The van der Waals surface area contributed by atoms with Crippen molar-refractivity contribution in [3.8, 4) is 0 Å². The van der Waals surface area contributed by atoms with E-state index in [-0.39, 0.29) is 0 Å². The molecule has 2 rings (SSSR count). The first-order chi connectivity index (χ1) is 10.2. The summed E-state index contributed by atoms with van der Waals surface area (Å²) >= 11 is 17.0. The quantitative estimate of drug-likeness (QED) is 0.500. The summed E-state index contributed by atoms with van der Waals surface area (Å²) in [5.41, 5.74) is -1.26. The molecule has 0 aliphatic carbocycles. The summed E-state index contributed by atoms with van der Waals surface area (Å²) in [6, 6.07) is 1.15. The highest BCUT2D eigenvalue weighted by molar-refractivity contribution is 8.78. The molecular formula is C10H11Cl3N2O5S2. The highest BCUT2D eigenvalue weighted by Gasteiger charge is 2.46. The average Bonchev–Trinajstić information content (AvgIpc) is 2.72. The molecule has 2 heterocycles. The summed E-state index contributed by atoms with van der Waals surface area (Å²) in [6.45, 7) is -0.439. The Bertz CT molecular complexity index is 634. The molecule has 1 aromatic rings. The van der Waals surface area contributed by atoms with Gasteiger partial charge in [-0.25, -0.2) is 4.79 Å². The number of nitrogens with one attached hydrogen (secondary N) is 1. The van der Waals surface area contributed by atoms with E-state index >= 15 is 0 Å². The fourth-order valence-corrected chi connectivity index (χ4v) is 5.00. The number of hydrogen-bond acceptors (Lipinski definition) is 7. The van der Waals surface area contributed by atoms with Gasteiger partial charge in [-0.15, -0.1) is 0 Å². The molecule has 1 aliphatic heterocycles. The summed E-state index contributed by atoms with van der Waals surface area (Å²) in [4.78, 5) is 25.1. The predicted molar refractivity (Wildman–Crippen MR) is 87.6 cm³/mol. The smallest absolute Gasteiger partial charge is 0.330 e. The molecule has 0 spiro atoms. The first kappa shape index (κ1) is 18.5. The standard InChI is InChI=1S/C10H11Cl3N2O5S2/c11-10(12,13)22-21-7-6(18)4(3-16)20-8(7)15-2-1-5(17)14-9(15)19/h1-2,4,6-8,16,18H,3H2,(H,14,17,19)/t4-,6-,7?,8-/m1/s1. The summed E-state index contributed by atoms with van der Waals surface area (Å²) in [7, 11) is 1.88. The summed E-state index contributed by atoms with van der Waals surface area (Å²) in [6.07, 6.45) is -1.66. The Labute approximate surface area is 147 Å². The van der Waals surface area contributed by atoms with E-state index in [2.05, 4.69) is 4.98 Å². The SMILES string of the molecule is O=c1ccn([C@@H]2O[C@H](CO)[C@@H](O)C2SSC(Cl)(Cl)Cl)c(=O)[nH]1. The molecule has 4 atom stereocenters. The van der Waals surface area contributed by atoms with Crippen LogP contribution in [0.2, 0.25) is 0 Å². The van der Waals surface area contributed by atoms with Gasteiger partial charge in [0.2, 0.25) is 3.12 Å². The number of aliphatic hydroxyl groups excluding tert-OH is 2. The molecule has 3 N–H and O–H groups in total. The van der Waals surface area contributed by atoms with Gasteiger partial charge in [0.15, 0.2) is 6.23 Å². The molecule has 0 aromatic carbocycles. The van der Waals surface area contributed by atoms with Gasteiger partial charge >= 0.3 is 5.69 Å². The molecule has 1 saturated heterocycles. The molecule has 22 heavy (non-hydrogen) atoms. The molecular weight excluding hydrogens is 399 g/mol. The van der Waals surface area contributed by atoms with Crippen molar-refractivity contribution in [2.24, 2.45) is 0 Å². The largest absolute Gasteiger partial charge is 0.394 e. The Kier molecular flexibility index (Phi) is 6.17. The van der Waals surface area contributed by atoms with Gasteiger partial charge in [0.1, 0.15) is 6.10 Å². The minimum Gasteiger partial charge on any atom is -0.394 e. The van der Waals surface area contributed by atoms with Crippen LogP contribution in [-0.4, -0.2) is 47.0 Å². The van der Waals surface area contributed by atoms with E-state index < -0.39 is 44.7 Å². The third kappa shape index (κ3) is 4.35. The van der Waals surface area contributed by atoms with Crippen molar-refractivity contribution < 1.29 is 14.9 Å². The Morgan fingerprint density at radius 3 is 2.64 bits per heavy atom. The lowest BCUT2D eigenvalue weighted by Gasteiger charge is -2.22. The number of alkyl halides is 3. The number of halogens is 3. The molecule has 12 heteroatoms. The number of aromatic amines is 1. The highest BCUT2D eigenvalue weighted by Crippen LogP contribution is 2.51. The van der Waals surface area contributed by atoms with E-state index in [1.54, 1.807) is 0 Å². The number of rotatable bonds is 4. The number of hydrogen-bond donors (Lipinski definition) is 3. The summed E-state index contributed by atoms with van der Waals surface area (Å²) in [5, 5.41) is 18.7. The van der Waals surface area contributed by atoms with Gasteiger partial charge in [0.25, 0.3) is 5.56 Å². The van der Waals surface area contributed by atoms with E-state index in [0.717, 1.165) is 32.2 Å². The van der Waals surface area contributed by atoms with Crippen LogP contribution in [0.4, 0.5) is 0 Å². The van der Waals surface area contributed by atoms with Gasteiger partial charge in [0, 0.05) is 12.3 Å².